The molecule has 18 heavy (non-hydrogen) atoms. The van der Waals surface area contributed by atoms with Gasteiger partial charge in [0.05, 0.1) is 5.56 Å². The van der Waals surface area contributed by atoms with E-state index in [2.05, 4.69) is 29.8 Å². The van der Waals surface area contributed by atoms with Crippen LogP contribution >= 0.6 is 15.9 Å². The predicted molar refractivity (Wildman–Crippen MR) is 77.5 cm³/mol. The Bertz CT molecular complexity index is 461. The van der Waals surface area contributed by atoms with Crippen molar-refractivity contribution in [2.24, 2.45) is 5.92 Å². The van der Waals surface area contributed by atoms with Crippen LogP contribution in [-0.2, 0) is 0 Å². The van der Waals surface area contributed by atoms with Gasteiger partial charge in [0.2, 0.25) is 0 Å². The summed E-state index contributed by atoms with van der Waals surface area (Å²) in [5.74, 6) is 0.747. The monoisotopic (exact) mass is 310 g/mol. The third-order valence-corrected chi connectivity index (χ3v) is 4.14. The molecule has 1 aliphatic rings. The number of carbonyl (C=O) groups excluding carboxylic acids is 1. The van der Waals surface area contributed by atoms with Gasteiger partial charge in [0, 0.05) is 22.7 Å². The van der Waals surface area contributed by atoms with Crippen molar-refractivity contribution in [3.8, 4) is 0 Å². The van der Waals surface area contributed by atoms with Crippen LogP contribution in [0.3, 0.4) is 0 Å². The molecule has 1 aromatic rings. The van der Waals surface area contributed by atoms with E-state index in [0.29, 0.717) is 23.2 Å². The summed E-state index contributed by atoms with van der Waals surface area (Å²) in [7, 11) is 0. The summed E-state index contributed by atoms with van der Waals surface area (Å²) in [6.07, 6.45) is 2.14. The molecule has 0 saturated carbocycles. The summed E-state index contributed by atoms with van der Waals surface area (Å²) in [4.78, 5) is 14.5. The van der Waals surface area contributed by atoms with Crippen molar-refractivity contribution in [1.29, 1.82) is 0 Å². The molecule has 0 radical (unpaired) electrons. The Morgan fingerprint density at radius 1 is 1.44 bits per heavy atom. The van der Waals surface area contributed by atoms with Gasteiger partial charge < -0.3 is 10.6 Å². The third kappa shape index (κ3) is 2.69. The van der Waals surface area contributed by atoms with E-state index in [1.165, 1.54) is 0 Å². The van der Waals surface area contributed by atoms with Crippen LogP contribution in [0.25, 0.3) is 0 Å². The molecule has 3 nitrogen and oxygen atoms in total. The zero-order chi connectivity index (χ0) is 13.3. The Kier molecular flexibility index (Phi) is 3.95. The number of nitrogens with zero attached hydrogens (tertiary/aromatic N) is 1. The SMILES string of the molecule is CC1CCN(C(=O)c2cc(Br)ccc2N)C(C)C1. The number of carbonyl (C=O) groups is 1. The average Bonchev–Trinajstić information content (AvgIpc) is 2.31. The molecule has 1 saturated heterocycles. The molecule has 0 aliphatic carbocycles. The molecule has 0 aromatic heterocycles. The average molecular weight is 311 g/mol. The van der Waals surface area contributed by atoms with Crippen molar-refractivity contribution in [2.45, 2.75) is 32.7 Å². The number of rotatable bonds is 1. The standard InChI is InChI=1S/C14H19BrN2O/c1-9-5-6-17(10(2)7-9)14(18)12-8-11(15)3-4-13(12)16/h3-4,8-10H,5-7,16H2,1-2H3. The number of nitrogens with two attached hydrogens (primary N) is 1. The van der Waals surface area contributed by atoms with Gasteiger partial charge in [0.15, 0.2) is 0 Å². The fourth-order valence-electron chi connectivity index (χ4n) is 2.58. The smallest absolute Gasteiger partial charge is 0.256 e. The van der Waals surface area contributed by atoms with Crippen molar-refractivity contribution in [3.05, 3.63) is 28.2 Å². The number of hydrogen-bond donors (Lipinski definition) is 1. The van der Waals surface area contributed by atoms with Crippen molar-refractivity contribution < 1.29 is 4.79 Å². The van der Waals surface area contributed by atoms with Crippen LogP contribution in [0.5, 0.6) is 0 Å². The quantitative estimate of drug-likeness (QED) is 0.809. The van der Waals surface area contributed by atoms with Gasteiger partial charge in [-0.1, -0.05) is 22.9 Å². The lowest BCUT2D eigenvalue weighted by molar-refractivity contribution is 0.0589. The van der Waals surface area contributed by atoms with Crippen LogP contribution < -0.4 is 5.73 Å². The highest BCUT2D eigenvalue weighted by Crippen LogP contribution is 2.26. The fraction of sp³-hybridized carbons (Fsp3) is 0.500. The zero-order valence-electron chi connectivity index (χ0n) is 10.8. The fourth-order valence-corrected chi connectivity index (χ4v) is 2.94. The van der Waals surface area contributed by atoms with E-state index < -0.39 is 0 Å². The van der Waals surface area contributed by atoms with Crippen molar-refractivity contribution in [2.75, 3.05) is 12.3 Å². The van der Waals surface area contributed by atoms with Gasteiger partial charge in [-0.3, -0.25) is 4.79 Å². The number of amides is 1. The number of anilines is 1. The molecule has 2 unspecified atom stereocenters. The second-order valence-electron chi connectivity index (χ2n) is 5.21. The highest BCUT2D eigenvalue weighted by Gasteiger charge is 2.28. The summed E-state index contributed by atoms with van der Waals surface area (Å²) >= 11 is 3.39. The zero-order valence-corrected chi connectivity index (χ0v) is 12.4. The van der Waals surface area contributed by atoms with Crippen LogP contribution in [0.2, 0.25) is 0 Å². The molecular weight excluding hydrogens is 292 g/mol. The first-order valence-electron chi connectivity index (χ1n) is 6.35. The summed E-state index contributed by atoms with van der Waals surface area (Å²) in [6.45, 7) is 5.18. The first-order valence-corrected chi connectivity index (χ1v) is 7.14. The molecule has 2 N–H and O–H groups in total. The van der Waals surface area contributed by atoms with Crippen LogP contribution in [0.15, 0.2) is 22.7 Å². The Labute approximate surface area is 116 Å². The minimum atomic E-state index is 0.0493. The van der Waals surface area contributed by atoms with E-state index in [1.807, 2.05) is 17.0 Å². The van der Waals surface area contributed by atoms with Gasteiger partial charge >= 0.3 is 0 Å². The van der Waals surface area contributed by atoms with Crippen LogP contribution in [-0.4, -0.2) is 23.4 Å². The minimum absolute atomic E-state index is 0.0493. The molecule has 4 heteroatoms. The molecule has 0 bridgehead atoms. The Morgan fingerprint density at radius 3 is 2.83 bits per heavy atom. The Morgan fingerprint density at radius 2 is 2.17 bits per heavy atom. The molecule has 1 fully saturated rings. The lowest BCUT2D eigenvalue weighted by Crippen LogP contribution is -2.44. The lowest BCUT2D eigenvalue weighted by Gasteiger charge is -2.36. The van der Waals surface area contributed by atoms with E-state index in [4.69, 9.17) is 5.73 Å². The topological polar surface area (TPSA) is 46.3 Å². The van der Waals surface area contributed by atoms with Gasteiger partial charge in [-0.25, -0.2) is 0 Å². The highest BCUT2D eigenvalue weighted by atomic mass is 79.9. The van der Waals surface area contributed by atoms with Crippen LogP contribution in [0, 0.1) is 5.92 Å². The lowest BCUT2D eigenvalue weighted by atomic mass is 9.93. The maximum atomic E-state index is 12.5. The van der Waals surface area contributed by atoms with E-state index in [1.54, 1.807) is 6.07 Å². The number of likely N-dealkylation sites (tertiary alicyclic amines) is 1. The van der Waals surface area contributed by atoms with Crippen molar-refractivity contribution in [1.82, 2.24) is 4.90 Å². The largest absolute Gasteiger partial charge is 0.398 e. The second-order valence-corrected chi connectivity index (χ2v) is 6.12. The third-order valence-electron chi connectivity index (χ3n) is 3.64. The molecule has 1 aliphatic heterocycles. The number of hydrogen-bond acceptors (Lipinski definition) is 2. The van der Waals surface area contributed by atoms with Crippen LogP contribution in [0.4, 0.5) is 5.69 Å². The summed E-state index contributed by atoms with van der Waals surface area (Å²) in [5.41, 5.74) is 7.05. The highest BCUT2D eigenvalue weighted by molar-refractivity contribution is 9.10. The van der Waals surface area contributed by atoms with Gasteiger partial charge in [-0.2, -0.15) is 0 Å². The van der Waals surface area contributed by atoms with Crippen LogP contribution in [0.1, 0.15) is 37.0 Å². The summed E-state index contributed by atoms with van der Waals surface area (Å²) < 4.78 is 0.887. The summed E-state index contributed by atoms with van der Waals surface area (Å²) in [5, 5.41) is 0. The molecular formula is C14H19BrN2O. The molecule has 1 aromatic carbocycles. The number of benzene rings is 1. The van der Waals surface area contributed by atoms with E-state index >= 15 is 0 Å². The number of nitrogen functional groups attached to an aromatic ring is 1. The first-order chi connectivity index (χ1) is 8.49. The Hall–Kier alpha value is -1.03. The van der Waals surface area contributed by atoms with Gasteiger partial charge in [-0.15, -0.1) is 0 Å². The summed E-state index contributed by atoms with van der Waals surface area (Å²) in [6, 6.07) is 5.73. The minimum Gasteiger partial charge on any atom is -0.398 e. The predicted octanol–water partition coefficient (Wildman–Crippen LogP) is 3.29. The van der Waals surface area contributed by atoms with Gasteiger partial charge in [0.1, 0.15) is 0 Å². The van der Waals surface area contributed by atoms with Gasteiger partial charge in [0.25, 0.3) is 5.91 Å². The molecule has 2 atom stereocenters. The van der Waals surface area contributed by atoms with E-state index in [9.17, 15) is 4.79 Å². The molecule has 1 amide bonds. The number of piperidine rings is 1. The number of halogens is 1. The van der Waals surface area contributed by atoms with Crippen molar-refractivity contribution in [3.63, 3.8) is 0 Å². The van der Waals surface area contributed by atoms with Gasteiger partial charge in [-0.05, 0) is 43.9 Å². The molecule has 0 spiro atoms. The maximum absolute atomic E-state index is 12.5. The molecule has 1 heterocycles. The van der Waals surface area contributed by atoms with E-state index in [-0.39, 0.29) is 5.91 Å². The normalized spacial score (nSPS) is 24.1. The second kappa shape index (κ2) is 5.31. The molecule has 98 valence electrons. The maximum Gasteiger partial charge on any atom is 0.256 e. The Balaban J connectivity index is 2.23. The van der Waals surface area contributed by atoms with Crippen molar-refractivity contribution >= 4 is 27.5 Å². The van der Waals surface area contributed by atoms with E-state index in [0.717, 1.165) is 23.9 Å². The molecule has 2 rings (SSSR count). The first kappa shape index (κ1) is 13.4.